The van der Waals surface area contributed by atoms with E-state index in [-0.39, 0.29) is 0 Å². The first-order chi connectivity index (χ1) is 5.97. The number of hydrogen-bond acceptors (Lipinski definition) is 2. The molecule has 76 valence electrons. The molecule has 13 heavy (non-hydrogen) atoms. The molecule has 1 saturated carbocycles. The van der Waals surface area contributed by atoms with E-state index in [1.165, 1.54) is 25.9 Å². The molecular formula is C11H22N2. The molecule has 2 bridgehead atoms. The molecule has 1 heterocycles. The van der Waals surface area contributed by atoms with E-state index in [0.717, 1.165) is 11.8 Å². The zero-order valence-electron chi connectivity index (χ0n) is 9.09. The summed E-state index contributed by atoms with van der Waals surface area (Å²) in [7, 11) is 0. The molecule has 0 aromatic rings. The van der Waals surface area contributed by atoms with Crippen molar-refractivity contribution in [1.82, 2.24) is 4.90 Å². The van der Waals surface area contributed by atoms with Crippen LogP contribution < -0.4 is 5.73 Å². The third-order valence-electron chi connectivity index (χ3n) is 3.73. The van der Waals surface area contributed by atoms with Crippen molar-refractivity contribution in [2.24, 2.45) is 17.6 Å². The summed E-state index contributed by atoms with van der Waals surface area (Å²) >= 11 is 0. The van der Waals surface area contributed by atoms with E-state index >= 15 is 0 Å². The Morgan fingerprint density at radius 3 is 2.38 bits per heavy atom. The normalized spacial score (nSPS) is 41.1. The van der Waals surface area contributed by atoms with Crippen LogP contribution in [0.4, 0.5) is 0 Å². The van der Waals surface area contributed by atoms with Crippen molar-refractivity contribution in [2.45, 2.75) is 45.2 Å². The third-order valence-corrected chi connectivity index (χ3v) is 3.73. The largest absolute Gasteiger partial charge is 0.327 e. The van der Waals surface area contributed by atoms with Gasteiger partial charge in [0.05, 0.1) is 0 Å². The van der Waals surface area contributed by atoms with Gasteiger partial charge >= 0.3 is 0 Å². The van der Waals surface area contributed by atoms with Gasteiger partial charge < -0.3 is 5.73 Å². The van der Waals surface area contributed by atoms with Gasteiger partial charge in [0, 0.05) is 24.7 Å². The van der Waals surface area contributed by atoms with Crippen molar-refractivity contribution in [3.63, 3.8) is 0 Å². The Hall–Kier alpha value is -0.0800. The van der Waals surface area contributed by atoms with Crippen LogP contribution in [0, 0.1) is 11.8 Å². The first-order valence-corrected chi connectivity index (χ1v) is 5.47. The second kappa shape index (κ2) is 2.96. The average Bonchev–Trinajstić information content (AvgIpc) is 2.24. The standard InChI is InChI=1S/C11H22N2/c1-11(2,3)13-6-8-4-9(7-13)10(12)5-8/h8-10H,4-7,12H2,1-3H3/t8-,9-,10-/m1/s1. The number of piperidine rings is 1. The lowest BCUT2D eigenvalue weighted by molar-refractivity contribution is 0.0721. The van der Waals surface area contributed by atoms with E-state index in [1.54, 1.807) is 0 Å². The minimum Gasteiger partial charge on any atom is -0.327 e. The second-order valence-corrected chi connectivity index (χ2v) is 5.84. The van der Waals surface area contributed by atoms with Gasteiger partial charge in [-0.15, -0.1) is 0 Å². The SMILES string of the molecule is CC(C)(C)N1C[C@@H]2C[C@H](C1)[C@H](N)C2. The van der Waals surface area contributed by atoms with E-state index in [9.17, 15) is 0 Å². The molecule has 2 N–H and O–H groups in total. The Morgan fingerprint density at radius 1 is 1.15 bits per heavy atom. The van der Waals surface area contributed by atoms with Gasteiger partial charge in [-0.25, -0.2) is 0 Å². The van der Waals surface area contributed by atoms with E-state index in [0.29, 0.717) is 11.6 Å². The highest BCUT2D eigenvalue weighted by Crippen LogP contribution is 2.37. The number of likely N-dealkylation sites (tertiary alicyclic amines) is 1. The van der Waals surface area contributed by atoms with Gasteiger partial charge in [-0.3, -0.25) is 4.90 Å². The molecule has 0 amide bonds. The van der Waals surface area contributed by atoms with Gasteiger partial charge in [-0.05, 0) is 45.4 Å². The molecule has 0 spiro atoms. The molecule has 2 heteroatoms. The van der Waals surface area contributed by atoms with Crippen LogP contribution >= 0.6 is 0 Å². The Labute approximate surface area is 81.5 Å². The summed E-state index contributed by atoms with van der Waals surface area (Å²) in [6.07, 6.45) is 2.64. The number of hydrogen-bond donors (Lipinski definition) is 1. The quantitative estimate of drug-likeness (QED) is 0.614. The Balaban J connectivity index is 2.05. The molecule has 2 rings (SSSR count). The topological polar surface area (TPSA) is 29.3 Å². The smallest absolute Gasteiger partial charge is 0.0125 e. The maximum Gasteiger partial charge on any atom is 0.0125 e. The number of nitrogens with two attached hydrogens (primary N) is 1. The fraction of sp³-hybridized carbons (Fsp3) is 1.00. The third kappa shape index (κ3) is 1.75. The summed E-state index contributed by atoms with van der Waals surface area (Å²) in [6, 6.07) is 0.484. The molecule has 1 aliphatic heterocycles. The predicted molar refractivity (Wildman–Crippen MR) is 55.5 cm³/mol. The average molecular weight is 182 g/mol. The van der Waals surface area contributed by atoms with Gasteiger partial charge in [0.1, 0.15) is 0 Å². The maximum atomic E-state index is 6.10. The molecule has 0 aromatic heterocycles. The first kappa shape index (κ1) is 9.47. The summed E-state index contributed by atoms with van der Waals surface area (Å²) in [5.74, 6) is 1.66. The van der Waals surface area contributed by atoms with Crippen molar-refractivity contribution in [3.05, 3.63) is 0 Å². The molecule has 2 aliphatic rings. The molecular weight excluding hydrogens is 160 g/mol. The zero-order valence-corrected chi connectivity index (χ0v) is 9.09. The number of rotatable bonds is 0. The summed E-state index contributed by atoms with van der Waals surface area (Å²) in [5, 5.41) is 0. The summed E-state index contributed by atoms with van der Waals surface area (Å²) in [5.41, 5.74) is 6.43. The monoisotopic (exact) mass is 182 g/mol. The number of fused-ring (bicyclic) bond motifs is 2. The van der Waals surface area contributed by atoms with Crippen LogP contribution in [-0.4, -0.2) is 29.6 Å². The van der Waals surface area contributed by atoms with Gasteiger partial charge in [0.15, 0.2) is 0 Å². The van der Waals surface area contributed by atoms with Crippen LogP contribution in [0.15, 0.2) is 0 Å². The Bertz CT molecular complexity index is 193. The lowest BCUT2D eigenvalue weighted by atomic mass is 9.93. The van der Waals surface area contributed by atoms with Crippen molar-refractivity contribution in [2.75, 3.05) is 13.1 Å². The fourth-order valence-corrected chi connectivity index (χ4v) is 2.85. The molecule has 0 radical (unpaired) electrons. The van der Waals surface area contributed by atoms with Gasteiger partial charge in [0.2, 0.25) is 0 Å². The Morgan fingerprint density at radius 2 is 1.85 bits per heavy atom. The molecule has 0 unspecified atom stereocenters. The van der Waals surface area contributed by atoms with Crippen LogP contribution in [0.1, 0.15) is 33.6 Å². The van der Waals surface area contributed by atoms with E-state index in [4.69, 9.17) is 5.73 Å². The molecule has 2 fully saturated rings. The lowest BCUT2D eigenvalue weighted by Gasteiger charge is -2.41. The van der Waals surface area contributed by atoms with Crippen LogP contribution in [0.2, 0.25) is 0 Å². The minimum atomic E-state index is 0.334. The van der Waals surface area contributed by atoms with Crippen molar-refractivity contribution in [3.8, 4) is 0 Å². The van der Waals surface area contributed by atoms with E-state index < -0.39 is 0 Å². The minimum absolute atomic E-state index is 0.334. The van der Waals surface area contributed by atoms with Crippen LogP contribution in [0.25, 0.3) is 0 Å². The van der Waals surface area contributed by atoms with E-state index in [1.807, 2.05) is 0 Å². The molecule has 0 aromatic carbocycles. The summed E-state index contributed by atoms with van der Waals surface area (Å²) in [6.45, 7) is 9.42. The number of nitrogens with zero attached hydrogens (tertiary/aromatic N) is 1. The van der Waals surface area contributed by atoms with Crippen molar-refractivity contribution in [1.29, 1.82) is 0 Å². The fourth-order valence-electron chi connectivity index (χ4n) is 2.85. The zero-order chi connectivity index (χ0) is 9.64. The van der Waals surface area contributed by atoms with Crippen LogP contribution in [-0.2, 0) is 0 Å². The van der Waals surface area contributed by atoms with E-state index in [2.05, 4.69) is 25.7 Å². The summed E-state index contributed by atoms with van der Waals surface area (Å²) < 4.78 is 0. The van der Waals surface area contributed by atoms with Crippen LogP contribution in [0.3, 0.4) is 0 Å². The molecule has 3 atom stereocenters. The van der Waals surface area contributed by atoms with Gasteiger partial charge in [0.25, 0.3) is 0 Å². The second-order valence-electron chi connectivity index (χ2n) is 5.84. The Kier molecular flexibility index (Phi) is 2.16. The van der Waals surface area contributed by atoms with Gasteiger partial charge in [-0.1, -0.05) is 0 Å². The van der Waals surface area contributed by atoms with Crippen molar-refractivity contribution < 1.29 is 0 Å². The highest BCUT2D eigenvalue weighted by atomic mass is 15.2. The predicted octanol–water partition coefficient (Wildman–Crippen LogP) is 1.45. The highest BCUT2D eigenvalue weighted by molar-refractivity contribution is 4.96. The molecule has 2 nitrogen and oxygen atoms in total. The van der Waals surface area contributed by atoms with Gasteiger partial charge in [-0.2, -0.15) is 0 Å². The maximum absolute atomic E-state index is 6.10. The highest BCUT2D eigenvalue weighted by Gasteiger charge is 2.40. The lowest BCUT2D eigenvalue weighted by Crippen LogP contribution is -2.49. The first-order valence-electron chi connectivity index (χ1n) is 5.47. The summed E-state index contributed by atoms with van der Waals surface area (Å²) in [4.78, 5) is 2.61. The van der Waals surface area contributed by atoms with Crippen LogP contribution in [0.5, 0.6) is 0 Å². The van der Waals surface area contributed by atoms with Crippen molar-refractivity contribution >= 4 is 0 Å². The molecule has 1 saturated heterocycles. The molecule has 1 aliphatic carbocycles.